The number of nitrogens with two attached hydrogens (primary N) is 1. The van der Waals surface area contributed by atoms with Gasteiger partial charge in [0.25, 0.3) is 5.91 Å². The number of amides is 2. The summed E-state index contributed by atoms with van der Waals surface area (Å²) < 4.78 is 6.91. The second-order valence-corrected chi connectivity index (χ2v) is 7.18. The molecule has 1 aromatic carbocycles. The van der Waals surface area contributed by atoms with Crippen molar-refractivity contribution in [1.82, 2.24) is 10.3 Å². The van der Waals surface area contributed by atoms with E-state index in [-0.39, 0.29) is 17.7 Å². The van der Waals surface area contributed by atoms with Crippen LogP contribution in [0.15, 0.2) is 16.6 Å². The van der Waals surface area contributed by atoms with E-state index < -0.39 is 6.10 Å². The van der Waals surface area contributed by atoms with Gasteiger partial charge in [0.05, 0.1) is 5.92 Å². The van der Waals surface area contributed by atoms with Crippen LogP contribution in [-0.2, 0) is 9.59 Å². The van der Waals surface area contributed by atoms with Gasteiger partial charge < -0.3 is 9.64 Å². The maximum absolute atomic E-state index is 12.7. The zero-order chi connectivity index (χ0) is 17.9. The lowest BCUT2D eigenvalue weighted by Crippen LogP contribution is -2.50. The smallest absolute Gasteiger partial charge is 0.263 e. The molecule has 24 heavy (non-hydrogen) atoms. The number of benzene rings is 1. The third-order valence-corrected chi connectivity index (χ3v) is 4.77. The van der Waals surface area contributed by atoms with Crippen LogP contribution in [0.25, 0.3) is 0 Å². The standard InChI is InChI=1S/C17H24BrN3O3/c1-10-7-14(18)8-11(2)15(10)24-12(3)17(23)21-6-4-5-13(9-21)16(22)20-19/h7-8,12-13H,4-6,9,19H2,1-3H3,(H,20,22). The number of aryl methyl sites for hydroxylation is 2. The number of halogens is 1. The van der Waals surface area contributed by atoms with Crippen molar-refractivity contribution in [1.29, 1.82) is 0 Å². The van der Waals surface area contributed by atoms with Gasteiger partial charge in [0, 0.05) is 17.6 Å². The number of carbonyl (C=O) groups excluding carboxylic acids is 2. The number of hydrogen-bond acceptors (Lipinski definition) is 4. The lowest BCUT2D eigenvalue weighted by Gasteiger charge is -2.33. The van der Waals surface area contributed by atoms with E-state index in [1.807, 2.05) is 26.0 Å². The van der Waals surface area contributed by atoms with Crippen molar-refractivity contribution in [3.05, 3.63) is 27.7 Å². The Morgan fingerprint density at radius 3 is 2.58 bits per heavy atom. The van der Waals surface area contributed by atoms with Crippen molar-refractivity contribution >= 4 is 27.7 Å². The molecule has 2 rings (SSSR count). The van der Waals surface area contributed by atoms with Crippen LogP contribution >= 0.6 is 15.9 Å². The van der Waals surface area contributed by atoms with Crippen molar-refractivity contribution in [3.63, 3.8) is 0 Å². The molecule has 1 fully saturated rings. The quantitative estimate of drug-likeness (QED) is 0.462. The molecular weight excluding hydrogens is 374 g/mol. The largest absolute Gasteiger partial charge is 0.480 e. The van der Waals surface area contributed by atoms with Gasteiger partial charge in [-0.3, -0.25) is 15.0 Å². The molecule has 0 aromatic heterocycles. The lowest BCUT2D eigenvalue weighted by molar-refractivity contribution is -0.141. The van der Waals surface area contributed by atoms with E-state index >= 15 is 0 Å². The van der Waals surface area contributed by atoms with Gasteiger partial charge in [-0.05, 0) is 56.9 Å². The number of rotatable bonds is 4. The van der Waals surface area contributed by atoms with E-state index in [2.05, 4.69) is 21.4 Å². The van der Waals surface area contributed by atoms with Gasteiger partial charge in [-0.1, -0.05) is 15.9 Å². The van der Waals surface area contributed by atoms with Crippen LogP contribution in [0.2, 0.25) is 0 Å². The number of piperidine rings is 1. The molecule has 1 aromatic rings. The molecule has 0 bridgehead atoms. The fourth-order valence-electron chi connectivity index (χ4n) is 3.08. The van der Waals surface area contributed by atoms with Gasteiger partial charge in [0.2, 0.25) is 5.91 Å². The Labute approximate surface area is 150 Å². The van der Waals surface area contributed by atoms with Gasteiger partial charge in [0.15, 0.2) is 6.10 Å². The first-order valence-electron chi connectivity index (χ1n) is 8.06. The predicted molar refractivity (Wildman–Crippen MR) is 95.3 cm³/mol. The molecule has 7 heteroatoms. The van der Waals surface area contributed by atoms with E-state index in [4.69, 9.17) is 10.6 Å². The maximum atomic E-state index is 12.7. The normalized spacial score (nSPS) is 18.9. The molecule has 2 atom stereocenters. The van der Waals surface area contributed by atoms with Gasteiger partial charge in [-0.2, -0.15) is 0 Å². The lowest BCUT2D eigenvalue weighted by atomic mass is 9.97. The molecule has 2 amide bonds. The molecule has 1 heterocycles. The summed E-state index contributed by atoms with van der Waals surface area (Å²) in [6.07, 6.45) is 0.920. The predicted octanol–water partition coefficient (Wildman–Crippen LogP) is 2.06. The molecule has 6 nitrogen and oxygen atoms in total. The van der Waals surface area contributed by atoms with Crippen molar-refractivity contribution in [2.45, 2.75) is 39.7 Å². The molecule has 0 spiro atoms. The Balaban J connectivity index is 2.06. The minimum atomic E-state index is -0.608. The molecule has 1 aliphatic rings. The minimum absolute atomic E-state index is 0.105. The molecule has 132 valence electrons. The van der Waals surface area contributed by atoms with Crippen molar-refractivity contribution in [2.24, 2.45) is 11.8 Å². The fourth-order valence-corrected chi connectivity index (χ4v) is 3.76. The summed E-state index contributed by atoms with van der Waals surface area (Å²) in [5, 5.41) is 0. The summed E-state index contributed by atoms with van der Waals surface area (Å²) in [7, 11) is 0. The highest BCUT2D eigenvalue weighted by atomic mass is 79.9. The van der Waals surface area contributed by atoms with E-state index in [0.29, 0.717) is 13.1 Å². The third kappa shape index (κ3) is 4.27. The molecule has 3 N–H and O–H groups in total. The topological polar surface area (TPSA) is 84.7 Å². The Morgan fingerprint density at radius 2 is 2.00 bits per heavy atom. The molecule has 2 unspecified atom stereocenters. The summed E-state index contributed by atoms with van der Waals surface area (Å²) in [6, 6.07) is 3.92. The number of hydrogen-bond donors (Lipinski definition) is 2. The van der Waals surface area contributed by atoms with Gasteiger partial charge in [0.1, 0.15) is 5.75 Å². The summed E-state index contributed by atoms with van der Waals surface area (Å²) in [4.78, 5) is 26.1. The Kier molecular flexibility index (Phi) is 6.23. The van der Waals surface area contributed by atoms with E-state index in [9.17, 15) is 9.59 Å². The molecule has 0 radical (unpaired) electrons. The second kappa shape index (κ2) is 7.98. The number of carbonyl (C=O) groups is 2. The fraction of sp³-hybridized carbons (Fsp3) is 0.529. The van der Waals surface area contributed by atoms with E-state index in [0.717, 1.165) is 34.2 Å². The van der Waals surface area contributed by atoms with Crippen LogP contribution in [0, 0.1) is 19.8 Å². The zero-order valence-electron chi connectivity index (χ0n) is 14.3. The summed E-state index contributed by atoms with van der Waals surface area (Å²) in [5.41, 5.74) is 4.12. The van der Waals surface area contributed by atoms with Crippen LogP contribution in [-0.4, -0.2) is 35.9 Å². The van der Waals surface area contributed by atoms with Crippen molar-refractivity contribution in [2.75, 3.05) is 13.1 Å². The van der Waals surface area contributed by atoms with E-state index in [1.165, 1.54) is 0 Å². The number of nitrogens with zero attached hydrogens (tertiary/aromatic N) is 1. The number of nitrogens with one attached hydrogen (secondary N) is 1. The SMILES string of the molecule is Cc1cc(Br)cc(C)c1OC(C)C(=O)N1CCCC(C(=O)NN)C1. The monoisotopic (exact) mass is 397 g/mol. The highest BCUT2D eigenvalue weighted by Crippen LogP contribution is 2.28. The second-order valence-electron chi connectivity index (χ2n) is 6.26. The summed E-state index contributed by atoms with van der Waals surface area (Å²) >= 11 is 3.45. The van der Waals surface area contributed by atoms with Crippen LogP contribution < -0.4 is 16.0 Å². The molecular formula is C17H24BrN3O3. The van der Waals surface area contributed by atoms with Gasteiger partial charge >= 0.3 is 0 Å². The van der Waals surface area contributed by atoms with Gasteiger partial charge in [-0.25, -0.2) is 5.84 Å². The maximum Gasteiger partial charge on any atom is 0.263 e. The Morgan fingerprint density at radius 1 is 1.38 bits per heavy atom. The molecule has 1 saturated heterocycles. The average Bonchev–Trinajstić information content (AvgIpc) is 2.56. The van der Waals surface area contributed by atoms with Crippen LogP contribution in [0.1, 0.15) is 30.9 Å². The average molecular weight is 398 g/mol. The first-order chi connectivity index (χ1) is 11.3. The number of likely N-dealkylation sites (tertiary alicyclic amines) is 1. The van der Waals surface area contributed by atoms with Crippen LogP contribution in [0.3, 0.4) is 0 Å². The summed E-state index contributed by atoms with van der Waals surface area (Å²) in [5.74, 6) is 5.35. The molecule has 1 aliphatic heterocycles. The zero-order valence-corrected chi connectivity index (χ0v) is 15.9. The van der Waals surface area contributed by atoms with Crippen LogP contribution in [0.5, 0.6) is 5.75 Å². The first kappa shape index (κ1) is 18.7. The first-order valence-corrected chi connectivity index (χ1v) is 8.85. The highest BCUT2D eigenvalue weighted by molar-refractivity contribution is 9.10. The van der Waals surface area contributed by atoms with E-state index in [1.54, 1.807) is 11.8 Å². The third-order valence-electron chi connectivity index (χ3n) is 4.31. The van der Waals surface area contributed by atoms with Crippen molar-refractivity contribution in [3.8, 4) is 5.75 Å². The Bertz CT molecular complexity index is 613. The van der Waals surface area contributed by atoms with Gasteiger partial charge in [-0.15, -0.1) is 0 Å². The number of ether oxygens (including phenoxy) is 1. The molecule has 0 saturated carbocycles. The molecule has 0 aliphatic carbocycles. The number of hydrazine groups is 1. The minimum Gasteiger partial charge on any atom is -0.480 e. The van der Waals surface area contributed by atoms with Crippen LogP contribution in [0.4, 0.5) is 0 Å². The Hall–Kier alpha value is -1.60. The highest BCUT2D eigenvalue weighted by Gasteiger charge is 2.31. The summed E-state index contributed by atoms with van der Waals surface area (Å²) in [6.45, 7) is 6.67. The van der Waals surface area contributed by atoms with Crippen molar-refractivity contribution < 1.29 is 14.3 Å².